The van der Waals surface area contributed by atoms with Crippen molar-refractivity contribution in [2.24, 2.45) is 17.4 Å². The maximum absolute atomic E-state index is 11.5. The number of amides is 1. The van der Waals surface area contributed by atoms with Gasteiger partial charge in [0.05, 0.1) is 14.2 Å². The van der Waals surface area contributed by atoms with E-state index in [-0.39, 0.29) is 12.5 Å². The Labute approximate surface area is 118 Å². The molecule has 1 fully saturated rings. The summed E-state index contributed by atoms with van der Waals surface area (Å²) in [6.07, 6.45) is 1.81. The molecule has 0 saturated heterocycles. The summed E-state index contributed by atoms with van der Waals surface area (Å²) >= 11 is 0. The van der Waals surface area contributed by atoms with E-state index in [0.717, 1.165) is 12.8 Å². The number of carbonyl (C=O) groups excluding carboxylic acids is 1. The van der Waals surface area contributed by atoms with Crippen LogP contribution in [0.25, 0.3) is 0 Å². The summed E-state index contributed by atoms with van der Waals surface area (Å²) in [6.45, 7) is 0.0450. The molecule has 0 heterocycles. The average molecular weight is 280 g/mol. The van der Waals surface area contributed by atoms with Crippen molar-refractivity contribution >= 4 is 5.91 Å². The van der Waals surface area contributed by atoms with E-state index in [1.807, 2.05) is 0 Å². The highest BCUT2D eigenvalue weighted by atomic mass is 16.5. The second kappa shape index (κ2) is 5.58. The molecule has 0 radical (unpaired) electrons. The predicted molar refractivity (Wildman–Crippen MR) is 73.9 cm³/mol. The smallest absolute Gasteiger partial charge is 0.241 e. The highest BCUT2D eigenvalue weighted by molar-refractivity contribution is 5.85. The van der Waals surface area contributed by atoms with E-state index in [1.165, 1.54) is 0 Å². The molecule has 6 nitrogen and oxygen atoms in total. The molecular weight excluding hydrogens is 260 g/mol. The third kappa shape index (κ3) is 2.96. The SMILES string of the molecule is COc1cc(OC)cc(OCC(N)(C(N)=O)C2CC2)c1. The highest BCUT2D eigenvalue weighted by Crippen LogP contribution is 2.38. The van der Waals surface area contributed by atoms with Crippen molar-refractivity contribution in [2.75, 3.05) is 20.8 Å². The van der Waals surface area contributed by atoms with Gasteiger partial charge < -0.3 is 25.7 Å². The van der Waals surface area contributed by atoms with E-state index in [0.29, 0.717) is 17.2 Å². The summed E-state index contributed by atoms with van der Waals surface area (Å²) in [5, 5.41) is 0. The second-order valence-electron chi connectivity index (χ2n) is 5.02. The Morgan fingerprint density at radius 2 is 1.70 bits per heavy atom. The molecule has 1 amide bonds. The van der Waals surface area contributed by atoms with Crippen LogP contribution in [0.1, 0.15) is 12.8 Å². The van der Waals surface area contributed by atoms with Crippen molar-refractivity contribution in [3.63, 3.8) is 0 Å². The first kappa shape index (κ1) is 14.5. The van der Waals surface area contributed by atoms with Crippen molar-refractivity contribution in [3.05, 3.63) is 18.2 Å². The molecule has 2 rings (SSSR count). The zero-order valence-electron chi connectivity index (χ0n) is 11.7. The molecule has 0 aliphatic heterocycles. The zero-order chi connectivity index (χ0) is 14.8. The van der Waals surface area contributed by atoms with Crippen LogP contribution in [0, 0.1) is 5.92 Å². The molecule has 6 heteroatoms. The lowest BCUT2D eigenvalue weighted by Crippen LogP contribution is -2.58. The standard InChI is InChI=1S/C14H20N2O4/c1-18-10-5-11(19-2)7-12(6-10)20-8-14(16,13(15)17)9-3-4-9/h5-7,9H,3-4,8,16H2,1-2H3,(H2,15,17). The Hall–Kier alpha value is -1.95. The first-order valence-electron chi connectivity index (χ1n) is 6.44. The fourth-order valence-corrected chi connectivity index (χ4v) is 2.06. The molecule has 0 spiro atoms. The molecular formula is C14H20N2O4. The number of carbonyl (C=O) groups is 1. The molecule has 1 aliphatic carbocycles. The monoisotopic (exact) mass is 280 g/mol. The molecule has 20 heavy (non-hydrogen) atoms. The Balaban J connectivity index is 2.11. The lowest BCUT2D eigenvalue weighted by Gasteiger charge is -2.25. The summed E-state index contributed by atoms with van der Waals surface area (Å²) < 4.78 is 15.9. The number of hydrogen-bond donors (Lipinski definition) is 2. The summed E-state index contributed by atoms with van der Waals surface area (Å²) in [4.78, 5) is 11.5. The summed E-state index contributed by atoms with van der Waals surface area (Å²) in [7, 11) is 3.11. The van der Waals surface area contributed by atoms with Gasteiger partial charge in [-0.1, -0.05) is 0 Å². The lowest BCUT2D eigenvalue weighted by atomic mass is 9.95. The van der Waals surface area contributed by atoms with Crippen LogP contribution in [0.5, 0.6) is 17.2 Å². The van der Waals surface area contributed by atoms with Crippen molar-refractivity contribution in [1.29, 1.82) is 0 Å². The zero-order valence-corrected chi connectivity index (χ0v) is 11.7. The van der Waals surface area contributed by atoms with E-state index < -0.39 is 11.4 Å². The van der Waals surface area contributed by atoms with Crippen LogP contribution >= 0.6 is 0 Å². The van der Waals surface area contributed by atoms with Crippen LogP contribution in [0.15, 0.2) is 18.2 Å². The fourth-order valence-electron chi connectivity index (χ4n) is 2.06. The van der Waals surface area contributed by atoms with E-state index in [9.17, 15) is 4.79 Å². The summed E-state index contributed by atoms with van der Waals surface area (Å²) in [5.74, 6) is 1.31. The normalized spacial score (nSPS) is 17.1. The topological polar surface area (TPSA) is 96.8 Å². The molecule has 0 bridgehead atoms. The van der Waals surface area contributed by atoms with Crippen LogP contribution in [0.4, 0.5) is 0 Å². The Morgan fingerprint density at radius 1 is 1.20 bits per heavy atom. The van der Waals surface area contributed by atoms with Gasteiger partial charge in [-0.3, -0.25) is 4.79 Å². The molecule has 1 aromatic carbocycles. The van der Waals surface area contributed by atoms with Crippen LogP contribution in [0.3, 0.4) is 0 Å². The van der Waals surface area contributed by atoms with Gasteiger partial charge in [-0.05, 0) is 18.8 Å². The molecule has 1 aromatic rings. The number of methoxy groups -OCH3 is 2. The van der Waals surface area contributed by atoms with Gasteiger partial charge >= 0.3 is 0 Å². The summed E-state index contributed by atoms with van der Waals surface area (Å²) in [5.41, 5.74) is 10.4. The largest absolute Gasteiger partial charge is 0.496 e. The van der Waals surface area contributed by atoms with E-state index in [1.54, 1.807) is 32.4 Å². The first-order chi connectivity index (χ1) is 9.49. The van der Waals surface area contributed by atoms with Gasteiger partial charge in [-0.2, -0.15) is 0 Å². The molecule has 1 aliphatic rings. The molecule has 1 saturated carbocycles. The van der Waals surface area contributed by atoms with E-state index in [2.05, 4.69) is 0 Å². The Kier molecular flexibility index (Phi) is 4.04. The fraction of sp³-hybridized carbons (Fsp3) is 0.500. The van der Waals surface area contributed by atoms with Gasteiger partial charge in [-0.15, -0.1) is 0 Å². The molecule has 1 unspecified atom stereocenters. The van der Waals surface area contributed by atoms with Crippen molar-refractivity contribution in [2.45, 2.75) is 18.4 Å². The number of ether oxygens (including phenoxy) is 3. The Bertz CT molecular complexity index is 480. The minimum Gasteiger partial charge on any atom is -0.496 e. The minimum absolute atomic E-state index is 0.0450. The van der Waals surface area contributed by atoms with Gasteiger partial charge in [0, 0.05) is 18.2 Å². The molecule has 4 N–H and O–H groups in total. The van der Waals surface area contributed by atoms with Crippen molar-refractivity contribution in [1.82, 2.24) is 0 Å². The van der Waals surface area contributed by atoms with Gasteiger partial charge in [0.1, 0.15) is 29.4 Å². The number of primary amides is 1. The van der Waals surface area contributed by atoms with E-state index >= 15 is 0 Å². The number of nitrogens with two attached hydrogens (primary N) is 2. The number of benzene rings is 1. The van der Waals surface area contributed by atoms with Crippen LogP contribution in [-0.4, -0.2) is 32.3 Å². The Morgan fingerprint density at radius 3 is 2.10 bits per heavy atom. The molecule has 1 atom stereocenters. The molecule has 0 aromatic heterocycles. The van der Waals surface area contributed by atoms with Gasteiger partial charge in [0.2, 0.25) is 5.91 Å². The summed E-state index contributed by atoms with van der Waals surface area (Å²) in [6, 6.07) is 5.14. The van der Waals surface area contributed by atoms with E-state index in [4.69, 9.17) is 25.7 Å². The lowest BCUT2D eigenvalue weighted by molar-refractivity contribution is -0.125. The van der Waals surface area contributed by atoms with Crippen molar-refractivity contribution < 1.29 is 19.0 Å². The maximum atomic E-state index is 11.5. The number of hydrogen-bond acceptors (Lipinski definition) is 5. The van der Waals surface area contributed by atoms with Gasteiger partial charge in [0.15, 0.2) is 0 Å². The van der Waals surface area contributed by atoms with Crippen LogP contribution in [0.2, 0.25) is 0 Å². The quantitative estimate of drug-likeness (QED) is 0.765. The highest BCUT2D eigenvalue weighted by Gasteiger charge is 2.47. The number of rotatable bonds is 7. The second-order valence-corrected chi connectivity index (χ2v) is 5.02. The minimum atomic E-state index is -1.11. The van der Waals surface area contributed by atoms with Gasteiger partial charge in [0.25, 0.3) is 0 Å². The van der Waals surface area contributed by atoms with Crippen LogP contribution in [-0.2, 0) is 4.79 Å². The van der Waals surface area contributed by atoms with Crippen LogP contribution < -0.4 is 25.7 Å². The average Bonchev–Trinajstić information content (AvgIpc) is 3.28. The van der Waals surface area contributed by atoms with Gasteiger partial charge in [-0.25, -0.2) is 0 Å². The predicted octanol–water partition coefficient (Wildman–Crippen LogP) is 0.675. The maximum Gasteiger partial charge on any atom is 0.241 e. The third-order valence-corrected chi connectivity index (χ3v) is 3.57. The first-order valence-corrected chi connectivity index (χ1v) is 6.44. The van der Waals surface area contributed by atoms with Crippen molar-refractivity contribution in [3.8, 4) is 17.2 Å². The molecule has 110 valence electrons. The third-order valence-electron chi connectivity index (χ3n) is 3.57.